The molecule has 0 saturated carbocycles. The Bertz CT molecular complexity index is 1060. The maximum absolute atomic E-state index is 12.1. The number of hydrogen-bond donors (Lipinski definition) is 2. The second-order valence-corrected chi connectivity index (χ2v) is 6.57. The summed E-state index contributed by atoms with van der Waals surface area (Å²) in [6.45, 7) is 4.51. The summed E-state index contributed by atoms with van der Waals surface area (Å²) in [6, 6.07) is 18.9. The van der Waals surface area contributed by atoms with E-state index in [2.05, 4.69) is 15.8 Å². The fourth-order valence-electron chi connectivity index (χ4n) is 2.86. The molecule has 0 spiro atoms. The van der Waals surface area contributed by atoms with Crippen molar-refractivity contribution in [1.29, 1.82) is 0 Å². The highest BCUT2D eigenvalue weighted by Gasteiger charge is 2.13. The normalized spacial score (nSPS) is 10.8. The molecule has 0 aromatic heterocycles. The van der Waals surface area contributed by atoms with Crippen LogP contribution in [0.5, 0.6) is 5.75 Å². The number of amides is 2. The molecule has 0 radical (unpaired) electrons. The molecule has 0 fully saturated rings. The lowest BCUT2D eigenvalue weighted by atomic mass is 10.0. The predicted molar refractivity (Wildman–Crippen MR) is 115 cm³/mol. The largest absolute Gasteiger partial charge is 0.493 e. The van der Waals surface area contributed by atoms with E-state index in [1.807, 2.05) is 56.3 Å². The molecule has 0 aliphatic heterocycles. The maximum Gasteiger partial charge on any atom is 0.329 e. The smallest absolute Gasteiger partial charge is 0.329 e. The molecule has 148 valence electrons. The van der Waals surface area contributed by atoms with Gasteiger partial charge in [0, 0.05) is 11.3 Å². The van der Waals surface area contributed by atoms with Crippen molar-refractivity contribution in [2.45, 2.75) is 20.3 Å². The third kappa shape index (κ3) is 5.19. The lowest BCUT2D eigenvalue weighted by Crippen LogP contribution is -2.32. The molecule has 3 aromatic carbocycles. The van der Waals surface area contributed by atoms with Crippen molar-refractivity contribution in [1.82, 2.24) is 5.43 Å². The van der Waals surface area contributed by atoms with Gasteiger partial charge in [0.15, 0.2) is 0 Å². The highest BCUT2D eigenvalue weighted by molar-refractivity contribution is 6.39. The van der Waals surface area contributed by atoms with Crippen LogP contribution in [-0.2, 0) is 9.59 Å². The van der Waals surface area contributed by atoms with Gasteiger partial charge in [0.1, 0.15) is 5.75 Å². The topological polar surface area (TPSA) is 79.8 Å². The lowest BCUT2D eigenvalue weighted by Gasteiger charge is -2.11. The van der Waals surface area contributed by atoms with Gasteiger partial charge in [-0.3, -0.25) is 9.59 Å². The minimum atomic E-state index is -0.848. The molecule has 0 saturated heterocycles. The minimum absolute atomic E-state index is 0.554. The summed E-state index contributed by atoms with van der Waals surface area (Å²) in [6.07, 6.45) is 2.38. The van der Waals surface area contributed by atoms with Crippen LogP contribution in [0.2, 0.25) is 0 Å². The zero-order valence-corrected chi connectivity index (χ0v) is 16.4. The minimum Gasteiger partial charge on any atom is -0.493 e. The molecule has 0 aliphatic carbocycles. The van der Waals surface area contributed by atoms with Crippen molar-refractivity contribution < 1.29 is 14.3 Å². The first-order valence-electron chi connectivity index (χ1n) is 9.44. The third-order valence-electron chi connectivity index (χ3n) is 4.23. The van der Waals surface area contributed by atoms with Gasteiger partial charge in [-0.05, 0) is 47.9 Å². The summed E-state index contributed by atoms with van der Waals surface area (Å²) >= 11 is 0. The van der Waals surface area contributed by atoms with Crippen LogP contribution in [0.4, 0.5) is 5.69 Å². The number of aryl methyl sites for hydroxylation is 1. The number of benzene rings is 3. The van der Waals surface area contributed by atoms with E-state index < -0.39 is 11.8 Å². The number of carbonyl (C=O) groups is 2. The standard InChI is InChI=1S/C23H23N3O3/c1-3-13-29-21-12-11-17-8-4-5-10-19(17)20(21)15-24-26-23(28)22(27)25-18-9-6-7-16(2)14-18/h4-12,14-15H,3,13H2,1-2H3,(H,25,27)(H,26,28)/b24-15-. The lowest BCUT2D eigenvalue weighted by molar-refractivity contribution is -0.136. The summed E-state index contributed by atoms with van der Waals surface area (Å²) in [7, 11) is 0. The second-order valence-electron chi connectivity index (χ2n) is 6.57. The van der Waals surface area contributed by atoms with E-state index in [9.17, 15) is 9.59 Å². The highest BCUT2D eigenvalue weighted by atomic mass is 16.5. The summed E-state index contributed by atoms with van der Waals surface area (Å²) in [5.41, 5.74) is 4.56. The molecular formula is C23H23N3O3. The quantitative estimate of drug-likeness (QED) is 0.380. The Labute approximate surface area is 169 Å². The Hall–Kier alpha value is -3.67. The maximum atomic E-state index is 12.1. The second kappa shape index (κ2) is 9.50. The molecule has 2 N–H and O–H groups in total. The zero-order chi connectivity index (χ0) is 20.6. The predicted octanol–water partition coefficient (Wildman–Crippen LogP) is 4.03. The van der Waals surface area contributed by atoms with Crippen molar-refractivity contribution in [2.24, 2.45) is 5.10 Å². The van der Waals surface area contributed by atoms with Gasteiger partial charge in [0.25, 0.3) is 0 Å². The van der Waals surface area contributed by atoms with Crippen molar-refractivity contribution in [3.05, 3.63) is 71.8 Å². The van der Waals surface area contributed by atoms with Gasteiger partial charge in [-0.1, -0.05) is 49.4 Å². The molecule has 0 heterocycles. The number of fused-ring (bicyclic) bond motifs is 1. The summed E-state index contributed by atoms with van der Waals surface area (Å²) in [4.78, 5) is 24.1. The first-order valence-corrected chi connectivity index (χ1v) is 9.44. The van der Waals surface area contributed by atoms with E-state index in [0.717, 1.165) is 28.3 Å². The number of anilines is 1. The Morgan fingerprint density at radius 1 is 1.03 bits per heavy atom. The number of rotatable bonds is 6. The van der Waals surface area contributed by atoms with Gasteiger partial charge in [-0.2, -0.15) is 5.10 Å². The van der Waals surface area contributed by atoms with Crippen molar-refractivity contribution in [2.75, 3.05) is 11.9 Å². The van der Waals surface area contributed by atoms with E-state index in [4.69, 9.17) is 4.74 Å². The van der Waals surface area contributed by atoms with Crippen molar-refractivity contribution in [3.63, 3.8) is 0 Å². The van der Waals surface area contributed by atoms with Gasteiger partial charge in [0.05, 0.1) is 12.8 Å². The van der Waals surface area contributed by atoms with Gasteiger partial charge in [0.2, 0.25) is 0 Å². The Morgan fingerprint density at radius 3 is 2.66 bits per heavy atom. The summed E-state index contributed by atoms with van der Waals surface area (Å²) < 4.78 is 5.81. The van der Waals surface area contributed by atoms with Gasteiger partial charge >= 0.3 is 11.8 Å². The van der Waals surface area contributed by atoms with Crippen LogP contribution in [0.25, 0.3) is 10.8 Å². The van der Waals surface area contributed by atoms with Crippen LogP contribution in [-0.4, -0.2) is 24.6 Å². The monoisotopic (exact) mass is 389 g/mol. The molecule has 6 nitrogen and oxygen atoms in total. The third-order valence-corrected chi connectivity index (χ3v) is 4.23. The van der Waals surface area contributed by atoms with E-state index in [0.29, 0.717) is 18.0 Å². The molecular weight excluding hydrogens is 366 g/mol. The van der Waals surface area contributed by atoms with Crippen LogP contribution in [0.1, 0.15) is 24.5 Å². The Morgan fingerprint density at radius 2 is 1.86 bits per heavy atom. The van der Waals surface area contributed by atoms with Crippen LogP contribution in [0, 0.1) is 6.92 Å². The average Bonchev–Trinajstić information content (AvgIpc) is 2.72. The van der Waals surface area contributed by atoms with Crippen LogP contribution in [0.3, 0.4) is 0 Å². The van der Waals surface area contributed by atoms with Gasteiger partial charge < -0.3 is 10.1 Å². The number of ether oxygens (including phenoxy) is 1. The fourth-order valence-corrected chi connectivity index (χ4v) is 2.86. The van der Waals surface area contributed by atoms with Gasteiger partial charge in [-0.15, -0.1) is 0 Å². The molecule has 0 atom stereocenters. The van der Waals surface area contributed by atoms with Gasteiger partial charge in [-0.25, -0.2) is 5.43 Å². The summed E-state index contributed by atoms with van der Waals surface area (Å²) in [5, 5.41) is 8.50. The first kappa shape index (κ1) is 20.1. The highest BCUT2D eigenvalue weighted by Crippen LogP contribution is 2.26. The van der Waals surface area contributed by atoms with E-state index in [-0.39, 0.29) is 0 Å². The molecule has 0 bridgehead atoms. The molecule has 29 heavy (non-hydrogen) atoms. The molecule has 6 heteroatoms. The molecule has 0 aliphatic rings. The molecule has 3 rings (SSSR count). The number of hydrogen-bond acceptors (Lipinski definition) is 4. The Kier molecular flexibility index (Phi) is 6.58. The van der Waals surface area contributed by atoms with Crippen LogP contribution in [0.15, 0.2) is 65.8 Å². The summed E-state index contributed by atoms with van der Waals surface area (Å²) in [5.74, 6) is -0.958. The molecule has 0 unspecified atom stereocenters. The number of nitrogens with zero attached hydrogens (tertiary/aromatic N) is 1. The number of nitrogens with one attached hydrogen (secondary N) is 2. The van der Waals surface area contributed by atoms with E-state index >= 15 is 0 Å². The van der Waals surface area contributed by atoms with Crippen molar-refractivity contribution >= 4 is 34.5 Å². The SMILES string of the molecule is CCCOc1ccc2ccccc2c1/C=N\NC(=O)C(=O)Nc1cccc(C)c1. The van der Waals surface area contributed by atoms with Crippen LogP contribution >= 0.6 is 0 Å². The van der Waals surface area contributed by atoms with E-state index in [1.54, 1.807) is 18.2 Å². The van der Waals surface area contributed by atoms with Crippen molar-refractivity contribution in [3.8, 4) is 5.75 Å². The van der Waals surface area contributed by atoms with E-state index in [1.165, 1.54) is 6.21 Å². The average molecular weight is 389 g/mol. The fraction of sp³-hybridized carbons (Fsp3) is 0.174. The zero-order valence-electron chi connectivity index (χ0n) is 16.4. The number of hydrazone groups is 1. The van der Waals surface area contributed by atoms with Crippen LogP contribution < -0.4 is 15.5 Å². The molecule has 3 aromatic rings. The number of carbonyl (C=O) groups excluding carboxylic acids is 2. The molecule has 2 amide bonds. The Balaban J connectivity index is 1.74. The first-order chi connectivity index (χ1) is 14.1.